The maximum Gasteiger partial charge on any atom is 0.247 e. The molecule has 2 aliphatic heterocycles. The topological polar surface area (TPSA) is 115 Å². The van der Waals surface area contributed by atoms with Crippen molar-refractivity contribution in [3.8, 4) is 11.5 Å². The van der Waals surface area contributed by atoms with Crippen LogP contribution >= 0.6 is 0 Å². The van der Waals surface area contributed by atoms with Crippen molar-refractivity contribution in [1.29, 1.82) is 0 Å². The van der Waals surface area contributed by atoms with Gasteiger partial charge in [0, 0.05) is 29.2 Å². The molecule has 6 rings (SSSR count). The van der Waals surface area contributed by atoms with Gasteiger partial charge in [0.25, 0.3) is 0 Å². The number of carbonyl (C=O) groups excluding carboxylic acids is 1. The zero-order valence-electron chi connectivity index (χ0n) is 19.2. The van der Waals surface area contributed by atoms with E-state index in [1.165, 1.54) is 23.8 Å². The number of hydrogen-bond acceptors (Lipinski definition) is 5. The molecule has 0 saturated heterocycles. The number of amides is 1. The molecular formula is C27H23N3O5S. The molecule has 0 spiro atoms. The van der Waals surface area contributed by atoms with Crippen LogP contribution in [0.5, 0.6) is 11.5 Å². The van der Waals surface area contributed by atoms with Gasteiger partial charge in [0.2, 0.25) is 22.7 Å². The van der Waals surface area contributed by atoms with E-state index in [1.54, 1.807) is 18.2 Å². The van der Waals surface area contributed by atoms with E-state index >= 15 is 0 Å². The number of fused-ring (bicyclic) bond motifs is 4. The monoisotopic (exact) mass is 501 g/mol. The summed E-state index contributed by atoms with van der Waals surface area (Å²) in [6.07, 6.45) is 3.91. The average molecular weight is 502 g/mol. The van der Waals surface area contributed by atoms with Crippen LogP contribution in [0.15, 0.2) is 77.7 Å². The summed E-state index contributed by atoms with van der Waals surface area (Å²) in [4.78, 5) is 18.9. The van der Waals surface area contributed by atoms with E-state index in [-0.39, 0.29) is 23.6 Å². The van der Waals surface area contributed by atoms with Gasteiger partial charge in [-0.15, -0.1) is 0 Å². The lowest BCUT2D eigenvalue weighted by atomic mass is 9.92. The molecule has 36 heavy (non-hydrogen) atoms. The highest BCUT2D eigenvalue weighted by molar-refractivity contribution is 7.89. The van der Waals surface area contributed by atoms with Crippen LogP contribution in [-0.2, 0) is 21.2 Å². The molecule has 0 aliphatic carbocycles. The average Bonchev–Trinajstić information content (AvgIpc) is 3.50. The molecule has 3 N–H and O–H groups in total. The van der Waals surface area contributed by atoms with Crippen molar-refractivity contribution < 1.29 is 22.7 Å². The highest BCUT2D eigenvalue weighted by Gasteiger charge is 2.34. The minimum absolute atomic E-state index is 0.0243. The van der Waals surface area contributed by atoms with Gasteiger partial charge < -0.3 is 19.4 Å². The van der Waals surface area contributed by atoms with Crippen LogP contribution in [0.1, 0.15) is 28.4 Å². The Balaban J connectivity index is 1.37. The van der Waals surface area contributed by atoms with E-state index < -0.39 is 10.0 Å². The van der Waals surface area contributed by atoms with E-state index in [9.17, 15) is 13.2 Å². The quantitative estimate of drug-likeness (QED) is 0.414. The van der Waals surface area contributed by atoms with E-state index in [2.05, 4.69) is 11.1 Å². The lowest BCUT2D eigenvalue weighted by Gasteiger charge is -2.35. The summed E-state index contributed by atoms with van der Waals surface area (Å²) in [6, 6.07) is 19.7. The first-order valence-electron chi connectivity index (χ1n) is 11.5. The molecule has 3 aromatic carbocycles. The Bertz CT molecular complexity index is 1620. The van der Waals surface area contributed by atoms with Crippen LogP contribution in [0.3, 0.4) is 0 Å². The lowest BCUT2D eigenvalue weighted by Crippen LogP contribution is -2.39. The Kier molecular flexibility index (Phi) is 5.31. The van der Waals surface area contributed by atoms with Crippen LogP contribution in [-0.4, -0.2) is 37.5 Å². The molecule has 1 aromatic heterocycles. The first kappa shape index (κ1) is 22.4. The fourth-order valence-electron chi connectivity index (χ4n) is 4.94. The maximum atomic E-state index is 13.5. The first-order valence-corrected chi connectivity index (χ1v) is 13.0. The molecule has 1 amide bonds. The Hall–Kier alpha value is -4.08. The molecule has 1 atom stereocenters. The number of ether oxygens (including phenoxy) is 2. The van der Waals surface area contributed by atoms with Crippen LogP contribution in [0, 0.1) is 0 Å². The number of nitrogens with two attached hydrogens (primary N) is 1. The molecular weight excluding hydrogens is 478 g/mol. The fourth-order valence-corrected chi connectivity index (χ4v) is 5.46. The first-order chi connectivity index (χ1) is 17.4. The molecule has 1 unspecified atom stereocenters. The molecule has 2 aliphatic rings. The Labute approximate surface area is 208 Å². The predicted octanol–water partition coefficient (Wildman–Crippen LogP) is 3.73. The van der Waals surface area contributed by atoms with E-state index in [0.29, 0.717) is 23.6 Å². The third kappa shape index (κ3) is 3.92. The van der Waals surface area contributed by atoms with Gasteiger partial charge in [-0.3, -0.25) is 4.79 Å². The summed E-state index contributed by atoms with van der Waals surface area (Å²) < 4.78 is 34.1. The molecule has 0 bridgehead atoms. The highest BCUT2D eigenvalue weighted by Crippen LogP contribution is 2.42. The van der Waals surface area contributed by atoms with Crippen molar-refractivity contribution in [1.82, 2.24) is 9.88 Å². The number of aromatic amines is 1. The zero-order chi connectivity index (χ0) is 24.9. The van der Waals surface area contributed by atoms with Crippen molar-refractivity contribution in [2.45, 2.75) is 17.4 Å². The second-order valence-corrected chi connectivity index (χ2v) is 10.4. The summed E-state index contributed by atoms with van der Waals surface area (Å²) in [7, 11) is -3.77. The summed E-state index contributed by atoms with van der Waals surface area (Å²) in [5.41, 5.74) is 4.85. The number of benzene rings is 3. The minimum atomic E-state index is -3.77. The number of hydrogen-bond donors (Lipinski definition) is 2. The molecule has 0 radical (unpaired) electrons. The van der Waals surface area contributed by atoms with Crippen molar-refractivity contribution in [2.75, 3.05) is 13.3 Å². The zero-order valence-corrected chi connectivity index (χ0v) is 20.0. The number of rotatable bonds is 4. The van der Waals surface area contributed by atoms with Gasteiger partial charge in [-0.05, 0) is 59.5 Å². The standard InChI is InChI=1S/C27H23N3O5S/c28-36(32,33)19-9-5-17(6-10-19)7-12-25(31)30-14-13-21-20-3-1-2-4-22(20)29-26(21)27(30)18-8-11-23-24(15-18)35-16-34-23/h1-12,15,27,29H,13-14,16H2,(H2,28,32,33). The fraction of sp³-hybridized carbons (Fsp3) is 0.148. The largest absolute Gasteiger partial charge is 0.454 e. The number of aromatic nitrogens is 1. The minimum Gasteiger partial charge on any atom is -0.454 e. The number of nitrogens with zero attached hydrogens (tertiary/aromatic N) is 1. The molecule has 3 heterocycles. The van der Waals surface area contributed by atoms with Gasteiger partial charge in [-0.2, -0.15) is 0 Å². The maximum absolute atomic E-state index is 13.5. The van der Waals surface area contributed by atoms with Gasteiger partial charge >= 0.3 is 0 Å². The summed E-state index contributed by atoms with van der Waals surface area (Å²) in [5.74, 6) is 1.19. The number of sulfonamides is 1. The molecule has 0 fully saturated rings. The van der Waals surface area contributed by atoms with Crippen LogP contribution in [0.2, 0.25) is 0 Å². The van der Waals surface area contributed by atoms with Gasteiger partial charge in [-0.1, -0.05) is 36.4 Å². The second-order valence-electron chi connectivity index (χ2n) is 8.81. The van der Waals surface area contributed by atoms with Crippen LogP contribution in [0.25, 0.3) is 17.0 Å². The third-order valence-corrected chi connectivity index (χ3v) is 7.59. The van der Waals surface area contributed by atoms with Crippen molar-refractivity contribution in [3.05, 3.63) is 95.2 Å². The van der Waals surface area contributed by atoms with E-state index in [0.717, 1.165) is 28.6 Å². The Morgan fingerprint density at radius 1 is 1.03 bits per heavy atom. The molecule has 0 saturated carbocycles. The molecule has 9 heteroatoms. The van der Waals surface area contributed by atoms with Gasteiger partial charge in [-0.25, -0.2) is 13.6 Å². The highest BCUT2D eigenvalue weighted by atomic mass is 32.2. The van der Waals surface area contributed by atoms with E-state index in [1.807, 2.05) is 41.3 Å². The van der Waals surface area contributed by atoms with Gasteiger partial charge in [0.1, 0.15) is 0 Å². The van der Waals surface area contributed by atoms with Crippen molar-refractivity contribution in [2.24, 2.45) is 5.14 Å². The predicted molar refractivity (Wildman–Crippen MR) is 135 cm³/mol. The summed E-state index contributed by atoms with van der Waals surface area (Å²) in [6.45, 7) is 0.720. The van der Waals surface area contributed by atoms with Gasteiger partial charge in [0.15, 0.2) is 11.5 Å². The van der Waals surface area contributed by atoms with Crippen LogP contribution < -0.4 is 14.6 Å². The number of carbonyl (C=O) groups is 1. The summed E-state index contributed by atoms with van der Waals surface area (Å²) >= 11 is 0. The number of nitrogens with one attached hydrogen (secondary N) is 1. The number of para-hydroxylation sites is 1. The smallest absolute Gasteiger partial charge is 0.247 e. The van der Waals surface area contributed by atoms with Crippen molar-refractivity contribution in [3.63, 3.8) is 0 Å². The Morgan fingerprint density at radius 3 is 2.61 bits per heavy atom. The third-order valence-electron chi connectivity index (χ3n) is 6.66. The second kappa shape index (κ2) is 8.54. The van der Waals surface area contributed by atoms with Crippen molar-refractivity contribution >= 4 is 32.9 Å². The Morgan fingerprint density at radius 2 is 1.81 bits per heavy atom. The van der Waals surface area contributed by atoms with Gasteiger partial charge in [0.05, 0.1) is 10.9 Å². The number of H-pyrrole nitrogens is 1. The SMILES string of the molecule is NS(=O)(=O)c1ccc(C=CC(=O)N2CCc3c([nH]c4ccccc34)C2c2ccc3c(c2)OCO3)cc1. The molecule has 182 valence electrons. The molecule has 8 nitrogen and oxygen atoms in total. The van der Waals surface area contributed by atoms with Crippen LogP contribution in [0.4, 0.5) is 0 Å². The summed E-state index contributed by atoms with van der Waals surface area (Å²) in [5, 5.41) is 6.33. The lowest BCUT2D eigenvalue weighted by molar-refractivity contribution is -0.128. The molecule has 4 aromatic rings. The van der Waals surface area contributed by atoms with E-state index in [4.69, 9.17) is 14.6 Å². The number of primary sulfonamides is 1. The normalized spacial score (nSPS) is 17.0.